The van der Waals surface area contributed by atoms with Crippen LogP contribution < -0.4 is 0 Å². The van der Waals surface area contributed by atoms with Gasteiger partial charge in [-0.2, -0.15) is 4.98 Å². The molecule has 1 heterocycles. The van der Waals surface area contributed by atoms with E-state index in [2.05, 4.69) is 26.1 Å². The average molecular weight is 302 g/mol. The van der Waals surface area contributed by atoms with E-state index in [0.717, 1.165) is 10.0 Å². The minimum atomic E-state index is 0.497. The standard InChI is InChI=1S/C11H10BrClN2O/c12-9-4-2-1-3-8(9)7-10-14-11(5-6-13)16-15-10/h1-4H,5-7H2. The lowest BCUT2D eigenvalue weighted by Gasteiger charge is -1.99. The number of benzene rings is 1. The second kappa shape index (κ2) is 5.46. The summed E-state index contributed by atoms with van der Waals surface area (Å²) in [6, 6.07) is 7.99. The minimum Gasteiger partial charge on any atom is -0.339 e. The van der Waals surface area contributed by atoms with E-state index in [1.807, 2.05) is 24.3 Å². The van der Waals surface area contributed by atoms with E-state index >= 15 is 0 Å². The molecule has 1 aromatic carbocycles. The molecule has 5 heteroatoms. The zero-order valence-electron chi connectivity index (χ0n) is 8.49. The van der Waals surface area contributed by atoms with Crippen molar-refractivity contribution < 1.29 is 4.52 Å². The molecule has 2 aromatic rings. The third kappa shape index (κ3) is 2.83. The summed E-state index contributed by atoms with van der Waals surface area (Å²) in [7, 11) is 0. The van der Waals surface area contributed by atoms with Crippen molar-refractivity contribution in [3.63, 3.8) is 0 Å². The number of hydrogen-bond donors (Lipinski definition) is 0. The van der Waals surface area contributed by atoms with Crippen LogP contribution in [0.4, 0.5) is 0 Å². The molecular formula is C11H10BrClN2O. The first-order valence-corrected chi connectivity index (χ1v) is 6.23. The fourth-order valence-corrected chi connectivity index (χ4v) is 1.94. The zero-order chi connectivity index (χ0) is 11.4. The Morgan fingerprint density at radius 3 is 2.88 bits per heavy atom. The average Bonchev–Trinajstić information content (AvgIpc) is 2.70. The van der Waals surface area contributed by atoms with Gasteiger partial charge in [0.1, 0.15) is 0 Å². The Morgan fingerprint density at radius 2 is 2.12 bits per heavy atom. The van der Waals surface area contributed by atoms with Crippen molar-refractivity contribution in [1.82, 2.24) is 10.1 Å². The van der Waals surface area contributed by atoms with Crippen LogP contribution >= 0.6 is 27.5 Å². The molecule has 0 atom stereocenters. The highest BCUT2D eigenvalue weighted by molar-refractivity contribution is 9.10. The van der Waals surface area contributed by atoms with Crippen molar-refractivity contribution in [2.24, 2.45) is 0 Å². The van der Waals surface area contributed by atoms with Gasteiger partial charge in [0, 0.05) is 23.2 Å². The van der Waals surface area contributed by atoms with Gasteiger partial charge >= 0.3 is 0 Å². The van der Waals surface area contributed by atoms with Gasteiger partial charge in [-0.1, -0.05) is 39.3 Å². The summed E-state index contributed by atoms with van der Waals surface area (Å²) in [6.07, 6.45) is 1.28. The Kier molecular flexibility index (Phi) is 3.96. The van der Waals surface area contributed by atoms with E-state index in [1.54, 1.807) is 0 Å². The quantitative estimate of drug-likeness (QED) is 0.814. The molecule has 0 bridgehead atoms. The van der Waals surface area contributed by atoms with E-state index in [9.17, 15) is 0 Å². The van der Waals surface area contributed by atoms with Crippen LogP contribution in [0.5, 0.6) is 0 Å². The highest BCUT2D eigenvalue weighted by atomic mass is 79.9. The van der Waals surface area contributed by atoms with Gasteiger partial charge in [0.25, 0.3) is 0 Å². The Labute approximate surface area is 107 Å². The van der Waals surface area contributed by atoms with Crippen LogP contribution in [0.3, 0.4) is 0 Å². The van der Waals surface area contributed by atoms with E-state index < -0.39 is 0 Å². The van der Waals surface area contributed by atoms with Crippen LogP contribution in [0.2, 0.25) is 0 Å². The second-order valence-electron chi connectivity index (χ2n) is 3.31. The lowest BCUT2D eigenvalue weighted by atomic mass is 10.1. The summed E-state index contributed by atoms with van der Waals surface area (Å²) in [6.45, 7) is 0. The Hall–Kier alpha value is -0.870. The predicted octanol–water partition coefficient (Wildman–Crippen LogP) is 3.20. The van der Waals surface area contributed by atoms with Gasteiger partial charge in [-0.3, -0.25) is 0 Å². The smallest absolute Gasteiger partial charge is 0.227 e. The molecule has 0 N–H and O–H groups in total. The minimum absolute atomic E-state index is 0.497. The van der Waals surface area contributed by atoms with E-state index in [-0.39, 0.29) is 0 Å². The second-order valence-corrected chi connectivity index (χ2v) is 4.54. The molecule has 0 amide bonds. The number of nitrogens with zero attached hydrogens (tertiary/aromatic N) is 2. The highest BCUT2D eigenvalue weighted by Gasteiger charge is 2.08. The number of hydrogen-bond acceptors (Lipinski definition) is 3. The van der Waals surface area contributed by atoms with Crippen molar-refractivity contribution in [3.05, 3.63) is 46.0 Å². The molecule has 0 spiro atoms. The van der Waals surface area contributed by atoms with Gasteiger partial charge < -0.3 is 4.52 Å². The summed E-state index contributed by atoms with van der Waals surface area (Å²) in [4.78, 5) is 4.25. The molecule has 0 aliphatic carbocycles. The zero-order valence-corrected chi connectivity index (χ0v) is 10.8. The van der Waals surface area contributed by atoms with Crippen LogP contribution in [-0.4, -0.2) is 16.0 Å². The fraction of sp³-hybridized carbons (Fsp3) is 0.273. The first-order chi connectivity index (χ1) is 7.79. The number of aromatic nitrogens is 2. The maximum absolute atomic E-state index is 5.60. The molecule has 0 radical (unpaired) electrons. The third-order valence-corrected chi connectivity index (χ3v) is 3.09. The maximum Gasteiger partial charge on any atom is 0.227 e. The van der Waals surface area contributed by atoms with E-state index in [4.69, 9.17) is 16.1 Å². The largest absolute Gasteiger partial charge is 0.339 e. The maximum atomic E-state index is 5.60. The molecule has 3 nitrogen and oxygen atoms in total. The van der Waals surface area contributed by atoms with Gasteiger partial charge in [0.15, 0.2) is 5.82 Å². The predicted molar refractivity (Wildman–Crippen MR) is 65.7 cm³/mol. The molecule has 2 rings (SSSR count). The van der Waals surface area contributed by atoms with Crippen LogP contribution in [0.15, 0.2) is 33.3 Å². The fourth-order valence-electron chi connectivity index (χ4n) is 1.36. The van der Waals surface area contributed by atoms with Gasteiger partial charge in [-0.25, -0.2) is 0 Å². The molecule has 0 aliphatic heterocycles. The lowest BCUT2D eigenvalue weighted by Crippen LogP contribution is -1.93. The Bertz CT molecular complexity index is 473. The van der Waals surface area contributed by atoms with Gasteiger partial charge in [0.05, 0.1) is 0 Å². The van der Waals surface area contributed by atoms with Crippen molar-refractivity contribution in [1.29, 1.82) is 0 Å². The monoisotopic (exact) mass is 300 g/mol. The van der Waals surface area contributed by atoms with Gasteiger partial charge in [0.2, 0.25) is 5.89 Å². The molecule has 84 valence electrons. The number of aryl methyl sites for hydroxylation is 1. The molecule has 0 unspecified atom stereocenters. The van der Waals surface area contributed by atoms with Gasteiger partial charge in [-0.15, -0.1) is 11.6 Å². The molecule has 0 saturated carbocycles. The molecule has 16 heavy (non-hydrogen) atoms. The number of halogens is 2. The molecule has 0 saturated heterocycles. The van der Waals surface area contributed by atoms with E-state index in [0.29, 0.717) is 30.4 Å². The summed E-state index contributed by atoms with van der Waals surface area (Å²) < 4.78 is 6.11. The molecular weight excluding hydrogens is 291 g/mol. The number of alkyl halides is 1. The van der Waals surface area contributed by atoms with Crippen molar-refractivity contribution in [2.75, 3.05) is 5.88 Å². The molecule has 1 aromatic heterocycles. The molecule has 0 fully saturated rings. The molecule has 0 aliphatic rings. The highest BCUT2D eigenvalue weighted by Crippen LogP contribution is 2.18. The van der Waals surface area contributed by atoms with Gasteiger partial charge in [-0.05, 0) is 11.6 Å². The third-order valence-electron chi connectivity index (χ3n) is 2.12. The van der Waals surface area contributed by atoms with E-state index in [1.165, 1.54) is 0 Å². The van der Waals surface area contributed by atoms with Crippen molar-refractivity contribution in [2.45, 2.75) is 12.8 Å². The summed E-state index contributed by atoms with van der Waals surface area (Å²) >= 11 is 9.08. The summed E-state index contributed by atoms with van der Waals surface area (Å²) in [5.74, 6) is 1.78. The Morgan fingerprint density at radius 1 is 1.31 bits per heavy atom. The SMILES string of the molecule is ClCCc1nc(Cc2ccccc2Br)no1. The van der Waals surface area contributed by atoms with Crippen LogP contribution in [0, 0.1) is 0 Å². The lowest BCUT2D eigenvalue weighted by molar-refractivity contribution is 0.378. The van der Waals surface area contributed by atoms with Crippen LogP contribution in [0.25, 0.3) is 0 Å². The summed E-state index contributed by atoms with van der Waals surface area (Å²) in [5, 5.41) is 3.91. The number of rotatable bonds is 4. The van der Waals surface area contributed by atoms with Crippen molar-refractivity contribution >= 4 is 27.5 Å². The Balaban J connectivity index is 2.11. The van der Waals surface area contributed by atoms with Crippen LogP contribution in [-0.2, 0) is 12.8 Å². The summed E-state index contributed by atoms with van der Waals surface area (Å²) in [5.41, 5.74) is 1.14. The van der Waals surface area contributed by atoms with Crippen molar-refractivity contribution in [3.8, 4) is 0 Å². The van der Waals surface area contributed by atoms with Crippen LogP contribution in [0.1, 0.15) is 17.3 Å². The first kappa shape index (κ1) is 11.6. The first-order valence-electron chi connectivity index (χ1n) is 4.90. The normalized spacial score (nSPS) is 10.6. The topological polar surface area (TPSA) is 38.9 Å².